The Balaban J connectivity index is 1.77. The Kier molecular flexibility index (Phi) is 7.65. The third-order valence-electron chi connectivity index (χ3n) is 5.03. The lowest BCUT2D eigenvalue weighted by Crippen LogP contribution is -2.24. The standard InChI is InChI=1S/C24H27N5O3S/c1-13(2)21(30)25-18-12-7-6-11-17(18)20-23(32)27-24(29-28-20)33-16(5)22(31)26-19-14(3)9-8-10-15(19)4/h6-13,16H,1-5H3,(H,25,30)(H,26,31)(H,27,29,32). The van der Waals surface area contributed by atoms with E-state index in [1.165, 1.54) is 0 Å². The van der Waals surface area contributed by atoms with Gasteiger partial charge in [0.1, 0.15) is 0 Å². The smallest absolute Gasteiger partial charge is 0.278 e. The van der Waals surface area contributed by atoms with E-state index in [9.17, 15) is 14.4 Å². The molecule has 1 atom stereocenters. The topological polar surface area (TPSA) is 117 Å². The normalized spacial score (nSPS) is 11.8. The number of aryl methyl sites for hydroxylation is 2. The van der Waals surface area contributed by atoms with Gasteiger partial charge in [-0.2, -0.15) is 0 Å². The Morgan fingerprint density at radius 3 is 2.21 bits per heavy atom. The highest BCUT2D eigenvalue weighted by atomic mass is 32.2. The molecular weight excluding hydrogens is 438 g/mol. The molecule has 0 fully saturated rings. The number of nitrogens with one attached hydrogen (secondary N) is 3. The van der Waals surface area contributed by atoms with E-state index in [0.29, 0.717) is 11.3 Å². The quantitative estimate of drug-likeness (QED) is 0.451. The van der Waals surface area contributed by atoms with Gasteiger partial charge in [-0.1, -0.05) is 62.0 Å². The van der Waals surface area contributed by atoms with Gasteiger partial charge < -0.3 is 10.6 Å². The molecule has 0 spiro atoms. The van der Waals surface area contributed by atoms with Crippen molar-refractivity contribution in [2.24, 2.45) is 5.92 Å². The highest BCUT2D eigenvalue weighted by molar-refractivity contribution is 8.00. The average molecular weight is 466 g/mol. The number of carbonyl (C=O) groups is 2. The lowest BCUT2D eigenvalue weighted by molar-refractivity contribution is -0.119. The molecule has 172 valence electrons. The molecule has 0 radical (unpaired) electrons. The van der Waals surface area contributed by atoms with E-state index in [1.807, 2.05) is 32.0 Å². The van der Waals surface area contributed by atoms with Crippen LogP contribution in [0.1, 0.15) is 31.9 Å². The van der Waals surface area contributed by atoms with Gasteiger partial charge in [-0.05, 0) is 38.0 Å². The molecule has 3 rings (SSSR count). The van der Waals surface area contributed by atoms with Crippen LogP contribution in [-0.4, -0.2) is 32.2 Å². The van der Waals surface area contributed by atoms with Gasteiger partial charge in [0.05, 0.1) is 10.9 Å². The number of carbonyl (C=O) groups excluding carboxylic acids is 2. The van der Waals surface area contributed by atoms with Crippen LogP contribution < -0.4 is 16.2 Å². The Morgan fingerprint density at radius 2 is 1.58 bits per heavy atom. The predicted octanol–water partition coefficient (Wildman–Crippen LogP) is 4.16. The van der Waals surface area contributed by atoms with Crippen molar-refractivity contribution in [3.63, 3.8) is 0 Å². The fraction of sp³-hybridized carbons (Fsp3) is 0.292. The number of rotatable bonds is 7. The van der Waals surface area contributed by atoms with Crippen LogP contribution in [0, 0.1) is 19.8 Å². The minimum atomic E-state index is -0.516. The summed E-state index contributed by atoms with van der Waals surface area (Å²) in [5.41, 5.74) is 3.32. The second-order valence-corrected chi connectivity index (χ2v) is 9.34. The van der Waals surface area contributed by atoms with Crippen molar-refractivity contribution in [2.75, 3.05) is 10.6 Å². The second kappa shape index (κ2) is 10.4. The van der Waals surface area contributed by atoms with Gasteiger partial charge >= 0.3 is 0 Å². The summed E-state index contributed by atoms with van der Waals surface area (Å²) in [7, 11) is 0. The zero-order chi connectivity index (χ0) is 24.1. The first-order valence-electron chi connectivity index (χ1n) is 10.6. The number of thioether (sulfide) groups is 1. The van der Waals surface area contributed by atoms with Crippen molar-refractivity contribution in [3.8, 4) is 11.3 Å². The van der Waals surface area contributed by atoms with Crippen LogP contribution >= 0.6 is 11.8 Å². The molecule has 8 nitrogen and oxygen atoms in total. The summed E-state index contributed by atoms with van der Waals surface area (Å²) in [6, 6.07) is 12.7. The number of amides is 2. The average Bonchev–Trinajstić information content (AvgIpc) is 2.77. The summed E-state index contributed by atoms with van der Waals surface area (Å²) in [6.45, 7) is 9.17. The van der Waals surface area contributed by atoms with Gasteiger partial charge in [0, 0.05) is 17.2 Å². The molecular formula is C24H27N5O3S. The molecule has 2 aromatic carbocycles. The molecule has 0 saturated carbocycles. The second-order valence-electron chi connectivity index (χ2n) is 8.01. The Bertz CT molecular complexity index is 1220. The Hall–Kier alpha value is -3.46. The van der Waals surface area contributed by atoms with E-state index >= 15 is 0 Å². The van der Waals surface area contributed by atoms with Gasteiger partial charge in [-0.15, -0.1) is 10.2 Å². The monoisotopic (exact) mass is 465 g/mol. The predicted molar refractivity (Wildman–Crippen MR) is 131 cm³/mol. The minimum Gasteiger partial charge on any atom is -0.325 e. The van der Waals surface area contributed by atoms with E-state index in [4.69, 9.17) is 0 Å². The Labute approximate surface area is 196 Å². The maximum atomic E-state index is 12.8. The van der Waals surface area contributed by atoms with Crippen LogP contribution in [0.15, 0.2) is 52.4 Å². The van der Waals surface area contributed by atoms with Crippen LogP contribution in [0.25, 0.3) is 11.3 Å². The van der Waals surface area contributed by atoms with Crippen molar-refractivity contribution in [1.29, 1.82) is 0 Å². The van der Waals surface area contributed by atoms with E-state index in [2.05, 4.69) is 25.8 Å². The van der Waals surface area contributed by atoms with Crippen LogP contribution in [0.3, 0.4) is 0 Å². The van der Waals surface area contributed by atoms with Crippen LogP contribution in [-0.2, 0) is 9.59 Å². The van der Waals surface area contributed by atoms with E-state index < -0.39 is 10.8 Å². The fourth-order valence-electron chi connectivity index (χ4n) is 3.08. The minimum absolute atomic E-state index is 0.0895. The maximum Gasteiger partial charge on any atom is 0.278 e. The number of para-hydroxylation sites is 2. The van der Waals surface area contributed by atoms with Crippen molar-refractivity contribution in [2.45, 2.75) is 45.0 Å². The van der Waals surface area contributed by atoms with Crippen molar-refractivity contribution in [1.82, 2.24) is 15.2 Å². The highest BCUT2D eigenvalue weighted by Gasteiger charge is 2.20. The van der Waals surface area contributed by atoms with E-state index in [0.717, 1.165) is 28.6 Å². The van der Waals surface area contributed by atoms with Crippen LogP contribution in [0.4, 0.5) is 11.4 Å². The number of hydrogen-bond acceptors (Lipinski definition) is 6. The number of aromatic amines is 1. The SMILES string of the molecule is Cc1cccc(C)c1NC(=O)C(C)Sc1nnc(-c2ccccc2NC(=O)C(C)C)c(=O)[nH]1. The van der Waals surface area contributed by atoms with Crippen molar-refractivity contribution < 1.29 is 9.59 Å². The van der Waals surface area contributed by atoms with Gasteiger partial charge in [0.15, 0.2) is 10.9 Å². The molecule has 1 aromatic heterocycles. The number of anilines is 2. The van der Waals surface area contributed by atoms with Gasteiger partial charge in [0.2, 0.25) is 11.8 Å². The molecule has 1 unspecified atom stereocenters. The summed E-state index contributed by atoms with van der Waals surface area (Å²) >= 11 is 1.11. The molecule has 2 amide bonds. The molecule has 3 N–H and O–H groups in total. The number of hydrogen-bond donors (Lipinski definition) is 3. The van der Waals surface area contributed by atoms with Gasteiger partial charge in [-0.3, -0.25) is 19.4 Å². The largest absolute Gasteiger partial charge is 0.325 e. The van der Waals surface area contributed by atoms with Crippen molar-refractivity contribution in [3.05, 3.63) is 63.9 Å². The van der Waals surface area contributed by atoms with Gasteiger partial charge in [-0.25, -0.2) is 0 Å². The number of H-pyrrole nitrogens is 1. The maximum absolute atomic E-state index is 12.8. The molecule has 1 heterocycles. The lowest BCUT2D eigenvalue weighted by atomic mass is 10.1. The highest BCUT2D eigenvalue weighted by Crippen LogP contribution is 2.26. The third-order valence-corrected chi connectivity index (χ3v) is 6.00. The summed E-state index contributed by atoms with van der Waals surface area (Å²) < 4.78 is 0. The molecule has 3 aromatic rings. The van der Waals surface area contributed by atoms with Crippen molar-refractivity contribution >= 4 is 35.0 Å². The summed E-state index contributed by atoms with van der Waals surface area (Å²) in [5, 5.41) is 13.7. The first-order chi connectivity index (χ1) is 15.7. The molecule has 33 heavy (non-hydrogen) atoms. The number of benzene rings is 2. The van der Waals surface area contributed by atoms with Crippen LogP contribution in [0.2, 0.25) is 0 Å². The zero-order valence-corrected chi connectivity index (χ0v) is 20.0. The van der Waals surface area contributed by atoms with E-state index in [1.54, 1.807) is 45.0 Å². The van der Waals surface area contributed by atoms with Gasteiger partial charge in [0.25, 0.3) is 5.56 Å². The lowest BCUT2D eigenvalue weighted by Gasteiger charge is -2.15. The van der Waals surface area contributed by atoms with Crippen LogP contribution in [0.5, 0.6) is 0 Å². The summed E-state index contributed by atoms with van der Waals surface area (Å²) in [6.07, 6.45) is 0. The number of aromatic nitrogens is 3. The molecule has 0 aliphatic rings. The fourth-order valence-corrected chi connectivity index (χ4v) is 3.82. The third kappa shape index (κ3) is 5.87. The zero-order valence-electron chi connectivity index (χ0n) is 19.2. The molecule has 9 heteroatoms. The molecule has 0 aliphatic carbocycles. The summed E-state index contributed by atoms with van der Waals surface area (Å²) in [4.78, 5) is 40.3. The first-order valence-corrected chi connectivity index (χ1v) is 11.5. The molecule has 0 bridgehead atoms. The molecule has 0 saturated heterocycles. The molecule has 0 aliphatic heterocycles. The first kappa shape index (κ1) is 24.2. The summed E-state index contributed by atoms with van der Waals surface area (Å²) in [5.74, 6) is -0.578. The van der Waals surface area contributed by atoms with E-state index in [-0.39, 0.29) is 28.6 Å². The number of nitrogens with zero attached hydrogens (tertiary/aromatic N) is 2. The Morgan fingerprint density at radius 1 is 0.909 bits per heavy atom.